The molecule has 0 aromatic rings. The second-order valence-corrected chi connectivity index (χ2v) is 4.05. The summed E-state index contributed by atoms with van der Waals surface area (Å²) in [6.45, 7) is 9.58. The van der Waals surface area contributed by atoms with Gasteiger partial charge in [0, 0.05) is 19.6 Å². The van der Waals surface area contributed by atoms with Gasteiger partial charge in [-0.3, -0.25) is 0 Å². The van der Waals surface area contributed by atoms with E-state index in [1.54, 1.807) is 0 Å². The van der Waals surface area contributed by atoms with Crippen LogP contribution in [0.15, 0.2) is 0 Å². The SMILES string of the molecule is CN(CCN)CCOC(C)(C)C. The summed E-state index contributed by atoms with van der Waals surface area (Å²) in [4.78, 5) is 2.17. The zero-order valence-electron chi connectivity index (χ0n) is 8.76. The summed E-state index contributed by atoms with van der Waals surface area (Å²) in [6, 6.07) is 0. The van der Waals surface area contributed by atoms with Crippen LogP contribution in [0.5, 0.6) is 0 Å². The molecule has 2 N–H and O–H groups in total. The third-order valence-corrected chi connectivity index (χ3v) is 1.52. The van der Waals surface area contributed by atoms with Crippen LogP contribution in [-0.4, -0.2) is 43.8 Å². The van der Waals surface area contributed by atoms with E-state index in [0.29, 0.717) is 6.54 Å². The van der Waals surface area contributed by atoms with Gasteiger partial charge in [-0.05, 0) is 27.8 Å². The van der Waals surface area contributed by atoms with E-state index in [0.717, 1.165) is 19.7 Å². The molecule has 3 nitrogen and oxygen atoms in total. The molecule has 0 aliphatic carbocycles. The Morgan fingerprint density at radius 2 is 1.83 bits per heavy atom. The first kappa shape index (κ1) is 11.9. The zero-order chi connectivity index (χ0) is 9.61. The molecule has 0 aliphatic rings. The van der Waals surface area contributed by atoms with Crippen LogP contribution in [0.2, 0.25) is 0 Å². The van der Waals surface area contributed by atoms with E-state index in [1.165, 1.54) is 0 Å². The van der Waals surface area contributed by atoms with Crippen molar-refractivity contribution in [2.45, 2.75) is 26.4 Å². The minimum atomic E-state index is -0.0243. The predicted molar refractivity (Wildman–Crippen MR) is 52.3 cm³/mol. The average molecular weight is 174 g/mol. The van der Waals surface area contributed by atoms with Crippen molar-refractivity contribution >= 4 is 0 Å². The summed E-state index contributed by atoms with van der Waals surface area (Å²) in [6.07, 6.45) is 0. The minimum Gasteiger partial charge on any atom is -0.375 e. The van der Waals surface area contributed by atoms with Gasteiger partial charge in [-0.15, -0.1) is 0 Å². The van der Waals surface area contributed by atoms with E-state index < -0.39 is 0 Å². The summed E-state index contributed by atoms with van der Waals surface area (Å²) >= 11 is 0. The van der Waals surface area contributed by atoms with Crippen LogP contribution in [-0.2, 0) is 4.74 Å². The van der Waals surface area contributed by atoms with Gasteiger partial charge < -0.3 is 15.4 Å². The Balaban J connectivity index is 3.31. The zero-order valence-corrected chi connectivity index (χ0v) is 8.76. The highest BCUT2D eigenvalue weighted by Gasteiger charge is 2.09. The highest BCUT2D eigenvalue weighted by Crippen LogP contribution is 2.05. The number of rotatable bonds is 5. The molecule has 3 heteroatoms. The average Bonchev–Trinajstić information content (AvgIpc) is 1.84. The summed E-state index contributed by atoms with van der Waals surface area (Å²) in [5.41, 5.74) is 5.38. The lowest BCUT2D eigenvalue weighted by atomic mass is 10.2. The number of likely N-dealkylation sites (N-methyl/N-ethyl adjacent to an activating group) is 1. The van der Waals surface area contributed by atoms with Crippen LogP contribution >= 0.6 is 0 Å². The first-order valence-electron chi connectivity index (χ1n) is 4.48. The monoisotopic (exact) mass is 174 g/mol. The Morgan fingerprint density at radius 1 is 1.25 bits per heavy atom. The molecule has 0 saturated carbocycles. The smallest absolute Gasteiger partial charge is 0.0600 e. The van der Waals surface area contributed by atoms with Gasteiger partial charge in [0.2, 0.25) is 0 Å². The molecule has 0 fully saturated rings. The van der Waals surface area contributed by atoms with Gasteiger partial charge in [0.15, 0.2) is 0 Å². The van der Waals surface area contributed by atoms with Crippen LogP contribution < -0.4 is 5.73 Å². The van der Waals surface area contributed by atoms with E-state index in [2.05, 4.69) is 32.7 Å². The van der Waals surface area contributed by atoms with Gasteiger partial charge in [-0.1, -0.05) is 0 Å². The summed E-state index contributed by atoms with van der Waals surface area (Å²) in [7, 11) is 2.05. The molecule has 0 rings (SSSR count). The van der Waals surface area contributed by atoms with E-state index >= 15 is 0 Å². The third-order valence-electron chi connectivity index (χ3n) is 1.52. The molecule has 0 bridgehead atoms. The minimum absolute atomic E-state index is 0.0243. The van der Waals surface area contributed by atoms with Gasteiger partial charge in [0.1, 0.15) is 0 Å². The molecule has 74 valence electrons. The van der Waals surface area contributed by atoms with Crippen LogP contribution in [0.25, 0.3) is 0 Å². The quantitative estimate of drug-likeness (QED) is 0.666. The lowest BCUT2D eigenvalue weighted by Gasteiger charge is -2.22. The van der Waals surface area contributed by atoms with E-state index in [4.69, 9.17) is 10.5 Å². The van der Waals surface area contributed by atoms with Crippen molar-refractivity contribution in [2.75, 3.05) is 33.3 Å². The van der Waals surface area contributed by atoms with Crippen molar-refractivity contribution in [3.8, 4) is 0 Å². The first-order valence-corrected chi connectivity index (χ1v) is 4.48. The van der Waals surface area contributed by atoms with E-state index in [-0.39, 0.29) is 5.60 Å². The number of ether oxygens (including phenoxy) is 1. The Kier molecular flexibility index (Phi) is 5.46. The fourth-order valence-corrected chi connectivity index (χ4v) is 0.840. The second kappa shape index (κ2) is 5.51. The fraction of sp³-hybridized carbons (Fsp3) is 1.00. The molecule has 0 atom stereocenters. The second-order valence-electron chi connectivity index (χ2n) is 4.05. The third kappa shape index (κ3) is 7.98. The Hall–Kier alpha value is -0.120. The van der Waals surface area contributed by atoms with Crippen molar-refractivity contribution in [1.29, 1.82) is 0 Å². The molecular formula is C9H22N2O. The maximum Gasteiger partial charge on any atom is 0.0600 e. The highest BCUT2D eigenvalue weighted by atomic mass is 16.5. The first-order chi connectivity index (χ1) is 5.45. The van der Waals surface area contributed by atoms with Gasteiger partial charge in [0.05, 0.1) is 12.2 Å². The topological polar surface area (TPSA) is 38.5 Å². The van der Waals surface area contributed by atoms with Gasteiger partial charge in [-0.2, -0.15) is 0 Å². The van der Waals surface area contributed by atoms with Crippen LogP contribution in [0.1, 0.15) is 20.8 Å². The van der Waals surface area contributed by atoms with Crippen LogP contribution in [0.3, 0.4) is 0 Å². The largest absolute Gasteiger partial charge is 0.375 e. The van der Waals surface area contributed by atoms with Gasteiger partial charge in [-0.25, -0.2) is 0 Å². The molecule has 0 aromatic carbocycles. The Labute approximate surface area is 75.9 Å². The van der Waals surface area contributed by atoms with Gasteiger partial charge in [0.25, 0.3) is 0 Å². The number of nitrogens with two attached hydrogens (primary N) is 1. The van der Waals surface area contributed by atoms with Crippen molar-refractivity contribution in [2.24, 2.45) is 5.73 Å². The fourth-order valence-electron chi connectivity index (χ4n) is 0.840. The Bertz CT molecular complexity index is 110. The molecule has 0 aromatic heterocycles. The molecule has 0 heterocycles. The molecule has 0 unspecified atom stereocenters. The molecule has 0 amide bonds. The van der Waals surface area contributed by atoms with Crippen molar-refractivity contribution < 1.29 is 4.74 Å². The van der Waals surface area contributed by atoms with Crippen LogP contribution in [0.4, 0.5) is 0 Å². The Morgan fingerprint density at radius 3 is 2.25 bits per heavy atom. The standard InChI is InChI=1S/C9H22N2O/c1-9(2,3)12-8-7-11(4)6-5-10/h5-8,10H2,1-4H3. The highest BCUT2D eigenvalue weighted by molar-refractivity contribution is 4.59. The number of nitrogens with zero attached hydrogens (tertiary/aromatic N) is 1. The molecule has 0 spiro atoms. The molecule has 12 heavy (non-hydrogen) atoms. The van der Waals surface area contributed by atoms with E-state index in [9.17, 15) is 0 Å². The number of hydrogen-bond donors (Lipinski definition) is 1. The lowest BCUT2D eigenvalue weighted by molar-refractivity contribution is -0.0104. The van der Waals surface area contributed by atoms with Crippen molar-refractivity contribution in [3.63, 3.8) is 0 Å². The van der Waals surface area contributed by atoms with Gasteiger partial charge >= 0.3 is 0 Å². The molecular weight excluding hydrogens is 152 g/mol. The van der Waals surface area contributed by atoms with E-state index in [1.807, 2.05) is 0 Å². The van der Waals surface area contributed by atoms with Crippen molar-refractivity contribution in [1.82, 2.24) is 4.90 Å². The summed E-state index contributed by atoms with van der Waals surface area (Å²) in [5.74, 6) is 0. The summed E-state index contributed by atoms with van der Waals surface area (Å²) < 4.78 is 5.56. The number of hydrogen-bond acceptors (Lipinski definition) is 3. The molecule has 0 radical (unpaired) electrons. The normalized spacial score (nSPS) is 12.5. The summed E-state index contributed by atoms with van der Waals surface area (Å²) in [5, 5.41) is 0. The molecule has 0 aliphatic heterocycles. The van der Waals surface area contributed by atoms with Crippen LogP contribution in [0, 0.1) is 0 Å². The maximum absolute atomic E-state index is 5.56. The predicted octanol–water partition coefficient (Wildman–Crippen LogP) is 0.692. The molecule has 0 saturated heterocycles. The maximum atomic E-state index is 5.56. The van der Waals surface area contributed by atoms with Crippen molar-refractivity contribution in [3.05, 3.63) is 0 Å². The lowest BCUT2D eigenvalue weighted by Crippen LogP contribution is -2.31.